The molecule has 1 atom stereocenters. The smallest absolute Gasteiger partial charge is 0.0211 e. The van der Waals surface area contributed by atoms with E-state index in [1.807, 2.05) is 0 Å². The average Bonchev–Trinajstić information content (AvgIpc) is 2.15. The van der Waals surface area contributed by atoms with E-state index in [2.05, 4.69) is 63.3 Å². The van der Waals surface area contributed by atoms with Gasteiger partial charge in [0.25, 0.3) is 0 Å². The van der Waals surface area contributed by atoms with Crippen molar-refractivity contribution < 1.29 is 0 Å². The molecule has 0 heterocycles. The molecule has 0 saturated carbocycles. The molecule has 1 rings (SSSR count). The van der Waals surface area contributed by atoms with Crippen molar-refractivity contribution in [2.45, 2.75) is 33.4 Å². The maximum absolute atomic E-state index is 3.55. The zero-order chi connectivity index (χ0) is 12.1. The van der Waals surface area contributed by atoms with Gasteiger partial charge in [-0.15, -0.1) is 0 Å². The maximum Gasteiger partial charge on any atom is 0.0211 e. The Kier molecular flexibility index (Phi) is 4.97. The van der Waals surface area contributed by atoms with Crippen molar-refractivity contribution in [2.75, 3.05) is 20.6 Å². The molecule has 2 nitrogen and oxygen atoms in total. The Morgan fingerprint density at radius 2 is 1.94 bits per heavy atom. The first-order valence-corrected chi connectivity index (χ1v) is 5.93. The number of hydrogen-bond acceptors (Lipinski definition) is 2. The zero-order valence-corrected chi connectivity index (χ0v) is 11.2. The molecule has 1 N–H and O–H groups in total. The first-order chi connectivity index (χ1) is 7.49. The molecule has 0 aliphatic heterocycles. The van der Waals surface area contributed by atoms with Gasteiger partial charge in [0.05, 0.1) is 0 Å². The van der Waals surface area contributed by atoms with E-state index >= 15 is 0 Å². The molecule has 0 fully saturated rings. The summed E-state index contributed by atoms with van der Waals surface area (Å²) < 4.78 is 0. The van der Waals surface area contributed by atoms with Gasteiger partial charge in [-0.2, -0.15) is 0 Å². The summed E-state index contributed by atoms with van der Waals surface area (Å²) in [6.45, 7) is 8.58. The lowest BCUT2D eigenvalue weighted by Crippen LogP contribution is -2.35. The van der Waals surface area contributed by atoms with Crippen LogP contribution in [0.2, 0.25) is 0 Å². The highest BCUT2D eigenvalue weighted by molar-refractivity contribution is 5.30. The minimum atomic E-state index is 0.524. The van der Waals surface area contributed by atoms with Crippen LogP contribution in [0.4, 0.5) is 0 Å². The molecular weight excluding hydrogens is 196 g/mol. The first kappa shape index (κ1) is 13.2. The predicted octanol–water partition coefficient (Wildman–Crippen LogP) is 2.34. The van der Waals surface area contributed by atoms with E-state index in [0.29, 0.717) is 6.04 Å². The van der Waals surface area contributed by atoms with Crippen molar-refractivity contribution in [2.24, 2.45) is 0 Å². The molecule has 0 radical (unpaired) electrons. The third-order valence-corrected chi connectivity index (χ3v) is 2.78. The molecule has 1 unspecified atom stereocenters. The molecule has 0 aromatic heterocycles. The van der Waals surface area contributed by atoms with Crippen LogP contribution in [-0.2, 0) is 6.54 Å². The fourth-order valence-corrected chi connectivity index (χ4v) is 1.94. The van der Waals surface area contributed by atoms with E-state index in [4.69, 9.17) is 0 Å². The van der Waals surface area contributed by atoms with Crippen LogP contribution in [0, 0.1) is 13.8 Å². The lowest BCUT2D eigenvalue weighted by molar-refractivity contribution is 0.349. The van der Waals surface area contributed by atoms with Gasteiger partial charge in [-0.25, -0.2) is 0 Å². The monoisotopic (exact) mass is 220 g/mol. The third-order valence-electron chi connectivity index (χ3n) is 2.78. The molecule has 0 spiro atoms. The minimum Gasteiger partial charge on any atom is -0.309 e. The minimum absolute atomic E-state index is 0.524. The van der Waals surface area contributed by atoms with E-state index in [1.165, 1.54) is 16.7 Å². The Hall–Kier alpha value is -0.860. The summed E-state index contributed by atoms with van der Waals surface area (Å²) in [6.07, 6.45) is 0. The lowest BCUT2D eigenvalue weighted by Gasteiger charge is -2.19. The van der Waals surface area contributed by atoms with Crippen LogP contribution in [0.3, 0.4) is 0 Å². The van der Waals surface area contributed by atoms with Gasteiger partial charge >= 0.3 is 0 Å². The van der Waals surface area contributed by atoms with Gasteiger partial charge in [-0.05, 0) is 46.0 Å². The highest BCUT2D eigenvalue weighted by Gasteiger charge is 2.04. The topological polar surface area (TPSA) is 15.3 Å². The van der Waals surface area contributed by atoms with Gasteiger partial charge < -0.3 is 10.2 Å². The Morgan fingerprint density at radius 3 is 2.50 bits per heavy atom. The van der Waals surface area contributed by atoms with Gasteiger partial charge in [0.2, 0.25) is 0 Å². The van der Waals surface area contributed by atoms with Gasteiger partial charge in [0.15, 0.2) is 0 Å². The summed E-state index contributed by atoms with van der Waals surface area (Å²) >= 11 is 0. The molecular formula is C14H24N2. The maximum atomic E-state index is 3.55. The van der Waals surface area contributed by atoms with Crippen molar-refractivity contribution in [1.29, 1.82) is 0 Å². The molecule has 0 aliphatic rings. The van der Waals surface area contributed by atoms with Crippen molar-refractivity contribution in [1.82, 2.24) is 10.2 Å². The van der Waals surface area contributed by atoms with Gasteiger partial charge in [-0.1, -0.05) is 23.8 Å². The fourth-order valence-electron chi connectivity index (χ4n) is 1.94. The Labute approximate surface area is 99.7 Å². The Balaban J connectivity index is 2.48. The lowest BCUT2D eigenvalue weighted by atomic mass is 10.1. The largest absolute Gasteiger partial charge is 0.309 e. The van der Waals surface area contributed by atoms with E-state index in [1.54, 1.807) is 0 Å². The van der Waals surface area contributed by atoms with Gasteiger partial charge in [0, 0.05) is 19.1 Å². The molecule has 2 heteroatoms. The number of nitrogens with one attached hydrogen (secondary N) is 1. The number of rotatable bonds is 5. The van der Waals surface area contributed by atoms with Crippen molar-refractivity contribution in [3.05, 3.63) is 34.9 Å². The van der Waals surface area contributed by atoms with Crippen molar-refractivity contribution in [3.63, 3.8) is 0 Å². The van der Waals surface area contributed by atoms with E-state index in [9.17, 15) is 0 Å². The van der Waals surface area contributed by atoms with Crippen LogP contribution in [0.25, 0.3) is 0 Å². The summed E-state index contributed by atoms with van der Waals surface area (Å²) in [4.78, 5) is 2.21. The molecule has 90 valence electrons. The quantitative estimate of drug-likeness (QED) is 0.819. The molecule has 16 heavy (non-hydrogen) atoms. The average molecular weight is 220 g/mol. The van der Waals surface area contributed by atoms with Crippen LogP contribution in [-0.4, -0.2) is 31.6 Å². The number of nitrogens with zero attached hydrogens (tertiary/aromatic N) is 1. The predicted molar refractivity (Wildman–Crippen MR) is 70.8 cm³/mol. The summed E-state index contributed by atoms with van der Waals surface area (Å²) in [5.41, 5.74) is 4.11. The van der Waals surface area contributed by atoms with Crippen LogP contribution < -0.4 is 5.32 Å². The van der Waals surface area contributed by atoms with Crippen molar-refractivity contribution in [3.8, 4) is 0 Å². The first-order valence-electron chi connectivity index (χ1n) is 5.93. The highest BCUT2D eigenvalue weighted by Crippen LogP contribution is 2.10. The zero-order valence-electron chi connectivity index (χ0n) is 11.2. The molecule has 0 amide bonds. The second kappa shape index (κ2) is 6.02. The van der Waals surface area contributed by atoms with E-state index in [0.717, 1.165) is 13.1 Å². The molecule has 0 bridgehead atoms. The fraction of sp³-hybridized carbons (Fsp3) is 0.571. The van der Waals surface area contributed by atoms with E-state index in [-0.39, 0.29) is 0 Å². The second-order valence-corrected chi connectivity index (χ2v) is 4.97. The summed E-state index contributed by atoms with van der Waals surface area (Å²) in [5.74, 6) is 0. The third kappa shape index (κ3) is 4.33. The van der Waals surface area contributed by atoms with Crippen LogP contribution in [0.5, 0.6) is 0 Å². The highest BCUT2D eigenvalue weighted by atomic mass is 15.1. The summed E-state index contributed by atoms with van der Waals surface area (Å²) in [6, 6.07) is 7.17. The van der Waals surface area contributed by atoms with Crippen molar-refractivity contribution >= 4 is 0 Å². The summed E-state index contributed by atoms with van der Waals surface area (Å²) in [5, 5.41) is 3.55. The normalized spacial score (nSPS) is 13.1. The molecule has 0 saturated heterocycles. The number of aryl methyl sites for hydroxylation is 2. The molecule has 0 aliphatic carbocycles. The van der Waals surface area contributed by atoms with Gasteiger partial charge in [0.1, 0.15) is 0 Å². The van der Waals surface area contributed by atoms with Crippen LogP contribution in [0.1, 0.15) is 23.6 Å². The SMILES string of the molecule is Cc1ccc(CNC(C)CN(C)C)c(C)c1. The molecule has 1 aromatic rings. The second-order valence-electron chi connectivity index (χ2n) is 4.97. The van der Waals surface area contributed by atoms with E-state index < -0.39 is 0 Å². The molecule has 1 aromatic carbocycles. The Bertz CT molecular complexity index is 332. The Morgan fingerprint density at radius 1 is 1.25 bits per heavy atom. The van der Waals surface area contributed by atoms with Gasteiger partial charge in [-0.3, -0.25) is 0 Å². The number of likely N-dealkylation sites (N-methyl/N-ethyl adjacent to an activating group) is 1. The van der Waals surface area contributed by atoms with Crippen LogP contribution >= 0.6 is 0 Å². The standard InChI is InChI=1S/C14H24N2/c1-11-6-7-14(12(2)8-11)9-15-13(3)10-16(4)5/h6-8,13,15H,9-10H2,1-5H3. The van der Waals surface area contributed by atoms with Crippen LogP contribution in [0.15, 0.2) is 18.2 Å². The number of benzene rings is 1. The summed E-state index contributed by atoms with van der Waals surface area (Å²) in [7, 11) is 4.21. The number of hydrogen-bond donors (Lipinski definition) is 1.